The van der Waals surface area contributed by atoms with E-state index in [2.05, 4.69) is 19.9 Å². The summed E-state index contributed by atoms with van der Waals surface area (Å²) in [5.41, 5.74) is 3.45. The van der Waals surface area contributed by atoms with Gasteiger partial charge in [0.05, 0.1) is 6.10 Å². The summed E-state index contributed by atoms with van der Waals surface area (Å²) >= 11 is 0. The minimum absolute atomic E-state index is 0.123. The molecule has 1 heterocycles. The molecule has 0 aromatic heterocycles. The van der Waals surface area contributed by atoms with Gasteiger partial charge in [-0.25, -0.2) is 4.79 Å². The molecule has 3 nitrogen and oxygen atoms in total. The molecule has 0 aromatic rings. The molecule has 5 rings (SSSR count). The van der Waals surface area contributed by atoms with Gasteiger partial charge in [-0.05, 0) is 91.4 Å². The molecule has 7 atom stereocenters. The Kier molecular flexibility index (Phi) is 3.74. The lowest BCUT2D eigenvalue weighted by atomic mass is 9.47. The van der Waals surface area contributed by atoms with Crippen LogP contribution in [0.5, 0.6) is 0 Å². The van der Waals surface area contributed by atoms with Crippen molar-refractivity contribution in [1.29, 1.82) is 0 Å². The molecule has 0 bridgehead atoms. The summed E-state index contributed by atoms with van der Waals surface area (Å²) in [6, 6.07) is 0. The first-order valence-electron chi connectivity index (χ1n) is 10.7. The van der Waals surface area contributed by atoms with Gasteiger partial charge in [-0.15, -0.1) is 0 Å². The quantitative estimate of drug-likeness (QED) is 0.559. The van der Waals surface area contributed by atoms with Gasteiger partial charge in [0.15, 0.2) is 0 Å². The first-order chi connectivity index (χ1) is 12.4. The Bertz CT molecular complexity index is 692. The number of fused-ring (bicyclic) bond motifs is 5. The molecular weight excluding hydrogens is 324 g/mol. The van der Waals surface area contributed by atoms with E-state index in [4.69, 9.17) is 4.74 Å². The normalized spacial score (nSPS) is 50.3. The van der Waals surface area contributed by atoms with E-state index in [-0.39, 0.29) is 12.1 Å². The number of hydrogen-bond acceptors (Lipinski definition) is 3. The van der Waals surface area contributed by atoms with E-state index in [1.165, 1.54) is 37.7 Å². The van der Waals surface area contributed by atoms with E-state index in [1.807, 2.05) is 0 Å². The highest BCUT2D eigenvalue weighted by molar-refractivity contribution is 5.85. The summed E-state index contributed by atoms with van der Waals surface area (Å²) in [6.07, 6.45) is 13.5. The van der Waals surface area contributed by atoms with Crippen molar-refractivity contribution in [2.45, 2.75) is 71.3 Å². The smallest absolute Gasteiger partial charge is 0.331 e. The van der Waals surface area contributed by atoms with E-state index in [9.17, 15) is 9.90 Å². The third-order valence-electron chi connectivity index (χ3n) is 9.21. The van der Waals surface area contributed by atoms with Crippen LogP contribution in [-0.4, -0.2) is 23.8 Å². The Morgan fingerprint density at radius 3 is 2.73 bits per heavy atom. The second-order valence-electron chi connectivity index (χ2n) is 10.2. The van der Waals surface area contributed by atoms with Gasteiger partial charge < -0.3 is 9.84 Å². The summed E-state index contributed by atoms with van der Waals surface area (Å²) in [5, 5.41) is 10.1. The second-order valence-corrected chi connectivity index (χ2v) is 10.2. The Morgan fingerprint density at radius 2 is 1.96 bits per heavy atom. The maximum atomic E-state index is 11.6. The zero-order chi connectivity index (χ0) is 18.1. The highest BCUT2D eigenvalue weighted by Crippen LogP contribution is 2.67. The van der Waals surface area contributed by atoms with Crippen LogP contribution >= 0.6 is 0 Å². The molecule has 1 N–H and O–H groups in total. The standard InChI is InChI=1S/C23H32O3/c1-22-9-7-16(24)12-15(22)3-4-17-19-6-5-18(14-11-21(25)26-13-14)23(19,2)10-8-20(17)22/h3,11,16-20,24H,4-10,12-13H2,1-2H3/t16-,17?,18+,19?,20?,22-,23+/m0/s1. The van der Waals surface area contributed by atoms with Crippen LogP contribution in [0.2, 0.25) is 0 Å². The highest BCUT2D eigenvalue weighted by Gasteiger charge is 2.59. The fourth-order valence-corrected chi connectivity index (χ4v) is 7.84. The van der Waals surface area contributed by atoms with Crippen molar-refractivity contribution in [3.63, 3.8) is 0 Å². The molecule has 3 heteroatoms. The van der Waals surface area contributed by atoms with Crippen molar-refractivity contribution in [3.05, 3.63) is 23.3 Å². The zero-order valence-electron chi connectivity index (χ0n) is 16.2. The van der Waals surface area contributed by atoms with Gasteiger partial charge in [-0.1, -0.05) is 25.5 Å². The molecule has 0 saturated heterocycles. The first-order valence-corrected chi connectivity index (χ1v) is 10.7. The SMILES string of the molecule is C[C@]12CC[C@H](O)CC1=CCC1C2CC[C@@]2(C)C1CC[C@@H]2C1=CC(=O)OC1. The molecular formula is C23H32O3. The maximum Gasteiger partial charge on any atom is 0.331 e. The molecule has 142 valence electrons. The predicted octanol–water partition coefficient (Wildman–Crippen LogP) is 4.41. The van der Waals surface area contributed by atoms with Gasteiger partial charge in [-0.3, -0.25) is 0 Å². The van der Waals surface area contributed by atoms with E-state index in [0.717, 1.165) is 37.0 Å². The summed E-state index contributed by atoms with van der Waals surface area (Å²) < 4.78 is 5.24. The van der Waals surface area contributed by atoms with Crippen molar-refractivity contribution in [3.8, 4) is 0 Å². The van der Waals surface area contributed by atoms with Crippen molar-refractivity contribution in [2.75, 3.05) is 6.61 Å². The van der Waals surface area contributed by atoms with Crippen molar-refractivity contribution < 1.29 is 14.6 Å². The van der Waals surface area contributed by atoms with Crippen molar-refractivity contribution in [2.24, 2.45) is 34.5 Å². The monoisotopic (exact) mass is 356 g/mol. The third kappa shape index (κ3) is 2.25. The molecule has 26 heavy (non-hydrogen) atoms. The summed E-state index contributed by atoms with van der Waals surface area (Å²) in [5.74, 6) is 2.72. The van der Waals surface area contributed by atoms with E-state index in [1.54, 1.807) is 11.6 Å². The molecule has 0 spiro atoms. The van der Waals surface area contributed by atoms with E-state index >= 15 is 0 Å². The number of cyclic esters (lactones) is 1. The Hall–Kier alpha value is -1.09. The summed E-state index contributed by atoms with van der Waals surface area (Å²) in [6.45, 7) is 5.52. The van der Waals surface area contributed by atoms with Crippen LogP contribution in [0, 0.1) is 34.5 Å². The van der Waals surface area contributed by atoms with Crippen molar-refractivity contribution >= 4 is 5.97 Å². The Balaban J connectivity index is 1.45. The molecule has 3 fully saturated rings. The van der Waals surface area contributed by atoms with Crippen LogP contribution in [0.3, 0.4) is 0 Å². The number of rotatable bonds is 1. The fraction of sp³-hybridized carbons (Fsp3) is 0.783. The van der Waals surface area contributed by atoms with E-state index < -0.39 is 0 Å². The van der Waals surface area contributed by atoms with Gasteiger partial charge in [0.1, 0.15) is 6.61 Å². The Morgan fingerprint density at radius 1 is 1.12 bits per heavy atom. The van der Waals surface area contributed by atoms with Gasteiger partial charge in [-0.2, -0.15) is 0 Å². The minimum Gasteiger partial charge on any atom is -0.458 e. The highest BCUT2D eigenvalue weighted by atomic mass is 16.5. The zero-order valence-corrected chi connectivity index (χ0v) is 16.2. The van der Waals surface area contributed by atoms with Crippen LogP contribution in [0.15, 0.2) is 23.3 Å². The number of esters is 1. The van der Waals surface area contributed by atoms with Crippen LogP contribution in [0.1, 0.15) is 65.2 Å². The number of ether oxygens (including phenoxy) is 1. The number of carbonyl (C=O) groups excluding carboxylic acids is 1. The van der Waals surface area contributed by atoms with Crippen LogP contribution in [0.25, 0.3) is 0 Å². The van der Waals surface area contributed by atoms with Gasteiger partial charge in [0.2, 0.25) is 0 Å². The average Bonchev–Trinajstić information content (AvgIpc) is 3.18. The molecule has 0 radical (unpaired) electrons. The van der Waals surface area contributed by atoms with Gasteiger partial charge >= 0.3 is 5.97 Å². The van der Waals surface area contributed by atoms with E-state index in [0.29, 0.717) is 23.4 Å². The number of hydrogen-bond donors (Lipinski definition) is 1. The topological polar surface area (TPSA) is 46.5 Å². The largest absolute Gasteiger partial charge is 0.458 e. The lowest BCUT2D eigenvalue weighted by Gasteiger charge is -2.58. The molecule has 0 amide bonds. The Labute approximate surface area is 156 Å². The molecule has 4 aliphatic carbocycles. The molecule has 0 aromatic carbocycles. The molecule has 3 saturated carbocycles. The predicted molar refractivity (Wildman–Crippen MR) is 100 cm³/mol. The maximum absolute atomic E-state index is 11.6. The minimum atomic E-state index is -0.140. The summed E-state index contributed by atoms with van der Waals surface area (Å²) in [4.78, 5) is 11.6. The number of carbonyl (C=O) groups is 1. The number of allylic oxidation sites excluding steroid dienone is 1. The second kappa shape index (κ2) is 5.70. The number of aliphatic hydroxyl groups is 1. The van der Waals surface area contributed by atoms with Gasteiger partial charge in [0, 0.05) is 6.08 Å². The lowest BCUT2D eigenvalue weighted by Crippen LogP contribution is -2.50. The molecule has 1 aliphatic heterocycles. The third-order valence-corrected chi connectivity index (χ3v) is 9.21. The van der Waals surface area contributed by atoms with Crippen molar-refractivity contribution in [1.82, 2.24) is 0 Å². The lowest BCUT2D eigenvalue weighted by molar-refractivity contribution is -0.135. The molecule has 5 aliphatic rings. The average molecular weight is 357 g/mol. The number of aliphatic hydroxyl groups excluding tert-OH is 1. The van der Waals surface area contributed by atoms with Gasteiger partial charge in [0.25, 0.3) is 0 Å². The first kappa shape index (κ1) is 17.0. The molecule has 3 unspecified atom stereocenters. The fourth-order valence-electron chi connectivity index (χ4n) is 7.84. The van der Waals surface area contributed by atoms with Crippen LogP contribution in [-0.2, 0) is 9.53 Å². The summed E-state index contributed by atoms with van der Waals surface area (Å²) in [7, 11) is 0. The van der Waals surface area contributed by atoms with Crippen LogP contribution in [0.4, 0.5) is 0 Å². The van der Waals surface area contributed by atoms with Crippen LogP contribution < -0.4 is 0 Å².